The molecular formula is C20H23NO2S. The molecule has 2 aliphatic rings. The van der Waals surface area contributed by atoms with Crippen molar-refractivity contribution in [1.29, 1.82) is 0 Å². The predicted molar refractivity (Wildman–Crippen MR) is 99.8 cm³/mol. The topological polar surface area (TPSA) is 29.5 Å². The number of thioether (sulfide) groups is 1. The molecule has 2 heterocycles. The Balaban J connectivity index is 1.92. The lowest BCUT2D eigenvalue weighted by Crippen LogP contribution is -2.75. The van der Waals surface area contributed by atoms with Gasteiger partial charge in [-0.15, -0.1) is 31.5 Å². The van der Waals surface area contributed by atoms with Crippen LogP contribution in [-0.4, -0.2) is 39.6 Å². The first-order valence-corrected chi connectivity index (χ1v) is 9.20. The van der Waals surface area contributed by atoms with E-state index in [1.54, 1.807) is 11.8 Å². The Morgan fingerprint density at radius 1 is 1.25 bits per heavy atom. The van der Waals surface area contributed by atoms with Crippen molar-refractivity contribution < 1.29 is 9.53 Å². The maximum absolute atomic E-state index is 12.8. The smallest absolute Gasteiger partial charge is 0.239 e. The molecule has 3 rings (SSSR count). The molecule has 2 fully saturated rings. The third kappa shape index (κ3) is 2.64. The highest BCUT2D eigenvalue weighted by Gasteiger charge is 2.67. The van der Waals surface area contributed by atoms with E-state index in [0.717, 1.165) is 17.7 Å². The number of benzene rings is 1. The van der Waals surface area contributed by atoms with E-state index < -0.39 is 0 Å². The van der Waals surface area contributed by atoms with Gasteiger partial charge in [0.15, 0.2) is 0 Å². The molecule has 0 N–H and O–H groups in total. The Hall–Kier alpha value is -1.78. The second-order valence-electron chi connectivity index (χ2n) is 6.17. The van der Waals surface area contributed by atoms with Crippen molar-refractivity contribution in [1.82, 2.24) is 4.90 Å². The molecule has 3 nitrogen and oxygen atoms in total. The summed E-state index contributed by atoms with van der Waals surface area (Å²) in [6, 6.07) is 10.1. The van der Waals surface area contributed by atoms with E-state index >= 15 is 0 Å². The average Bonchev–Trinajstić information content (AvgIpc) is 3.02. The number of carbonyl (C=O) groups is 1. The van der Waals surface area contributed by atoms with Crippen LogP contribution in [0.2, 0.25) is 0 Å². The standard InChI is InChI=1S/C20H23NO2S/c1-4-12-24-18-19(22)21(14-15-10-8-7-9-11-15)20(18)13-16(5-2)23-17(20)6-3/h4-11,16-18H,1-3,12-14H2/t16-,17+,18+,20-/m1/s1. The van der Waals surface area contributed by atoms with Gasteiger partial charge in [0.05, 0.1) is 11.6 Å². The van der Waals surface area contributed by atoms with E-state index in [0.29, 0.717) is 6.54 Å². The third-order valence-electron chi connectivity index (χ3n) is 4.83. The molecule has 0 aromatic heterocycles. The number of nitrogens with zero attached hydrogens (tertiary/aromatic N) is 1. The molecule has 0 unspecified atom stereocenters. The van der Waals surface area contributed by atoms with Gasteiger partial charge in [-0.2, -0.15) is 0 Å². The van der Waals surface area contributed by atoms with Crippen LogP contribution in [0.25, 0.3) is 0 Å². The maximum Gasteiger partial charge on any atom is 0.239 e. The molecule has 24 heavy (non-hydrogen) atoms. The van der Waals surface area contributed by atoms with E-state index in [1.807, 2.05) is 41.3 Å². The van der Waals surface area contributed by atoms with Crippen LogP contribution in [0.5, 0.6) is 0 Å². The summed E-state index contributed by atoms with van der Waals surface area (Å²) in [5.74, 6) is 0.922. The zero-order valence-electron chi connectivity index (χ0n) is 13.8. The molecule has 2 saturated heterocycles. The van der Waals surface area contributed by atoms with E-state index in [-0.39, 0.29) is 28.9 Å². The van der Waals surface area contributed by atoms with Crippen LogP contribution >= 0.6 is 11.8 Å². The van der Waals surface area contributed by atoms with Crippen molar-refractivity contribution in [3.8, 4) is 0 Å². The largest absolute Gasteiger partial charge is 0.364 e. The third-order valence-corrected chi connectivity index (χ3v) is 6.20. The zero-order valence-corrected chi connectivity index (χ0v) is 14.6. The van der Waals surface area contributed by atoms with Crippen molar-refractivity contribution in [2.45, 2.75) is 36.0 Å². The number of β-lactam (4-membered cyclic amide) rings is 1. The van der Waals surface area contributed by atoms with Crippen LogP contribution < -0.4 is 0 Å². The summed E-state index contributed by atoms with van der Waals surface area (Å²) in [7, 11) is 0. The molecule has 0 aliphatic carbocycles. The zero-order chi connectivity index (χ0) is 17.2. The fourth-order valence-electron chi connectivity index (χ4n) is 3.72. The van der Waals surface area contributed by atoms with Gasteiger partial charge in [-0.3, -0.25) is 4.79 Å². The molecule has 1 aromatic rings. The van der Waals surface area contributed by atoms with Gasteiger partial charge in [-0.1, -0.05) is 48.6 Å². The quantitative estimate of drug-likeness (QED) is 0.561. The predicted octanol–water partition coefficient (Wildman–Crippen LogP) is 3.58. The Morgan fingerprint density at radius 2 is 2.00 bits per heavy atom. The summed E-state index contributed by atoms with van der Waals surface area (Å²) in [4.78, 5) is 14.8. The van der Waals surface area contributed by atoms with Crippen LogP contribution in [0.3, 0.4) is 0 Å². The lowest BCUT2D eigenvalue weighted by atomic mass is 9.75. The van der Waals surface area contributed by atoms with Crippen molar-refractivity contribution >= 4 is 17.7 Å². The van der Waals surface area contributed by atoms with E-state index in [1.165, 1.54) is 0 Å². The molecule has 4 atom stereocenters. The molecule has 2 aliphatic heterocycles. The minimum absolute atomic E-state index is 0.0498. The van der Waals surface area contributed by atoms with Crippen LogP contribution in [0, 0.1) is 0 Å². The second-order valence-corrected chi connectivity index (χ2v) is 7.31. The van der Waals surface area contributed by atoms with Gasteiger partial charge in [-0.05, 0) is 5.56 Å². The summed E-state index contributed by atoms with van der Waals surface area (Å²) < 4.78 is 6.07. The van der Waals surface area contributed by atoms with Crippen LogP contribution in [-0.2, 0) is 16.1 Å². The summed E-state index contributed by atoms with van der Waals surface area (Å²) in [5.41, 5.74) is 0.781. The minimum atomic E-state index is -0.346. The Morgan fingerprint density at radius 3 is 2.62 bits per heavy atom. The number of carbonyl (C=O) groups excluding carboxylic acids is 1. The number of rotatable bonds is 7. The first-order valence-electron chi connectivity index (χ1n) is 8.16. The molecule has 1 spiro atoms. The van der Waals surface area contributed by atoms with E-state index in [4.69, 9.17) is 4.74 Å². The number of ether oxygens (including phenoxy) is 1. The van der Waals surface area contributed by atoms with Gasteiger partial charge in [-0.25, -0.2) is 0 Å². The number of likely N-dealkylation sites (tertiary alicyclic amines) is 1. The highest BCUT2D eigenvalue weighted by molar-refractivity contribution is 8.00. The Kier molecular flexibility index (Phi) is 4.97. The molecule has 1 amide bonds. The molecule has 1 aromatic carbocycles. The summed E-state index contributed by atoms with van der Waals surface area (Å²) in [6.07, 6.45) is 6.03. The minimum Gasteiger partial charge on any atom is -0.364 e. The van der Waals surface area contributed by atoms with Gasteiger partial charge < -0.3 is 9.64 Å². The molecule has 4 heteroatoms. The first kappa shape index (κ1) is 17.1. The van der Waals surface area contributed by atoms with E-state index in [2.05, 4.69) is 31.9 Å². The van der Waals surface area contributed by atoms with Gasteiger partial charge in [0.1, 0.15) is 11.4 Å². The monoisotopic (exact) mass is 341 g/mol. The highest BCUT2D eigenvalue weighted by Crippen LogP contribution is 2.52. The van der Waals surface area contributed by atoms with Crippen LogP contribution in [0.15, 0.2) is 68.3 Å². The number of amides is 1. The maximum atomic E-state index is 12.8. The first-order chi connectivity index (χ1) is 11.7. The fourth-order valence-corrected chi connectivity index (χ4v) is 4.96. The van der Waals surface area contributed by atoms with Crippen molar-refractivity contribution in [3.63, 3.8) is 0 Å². The molecular weight excluding hydrogens is 318 g/mol. The fraction of sp³-hybridized carbons (Fsp3) is 0.350. The van der Waals surface area contributed by atoms with Gasteiger partial charge in [0.25, 0.3) is 0 Å². The summed E-state index contributed by atoms with van der Waals surface area (Å²) in [5, 5.41) is -0.118. The SMILES string of the molecule is C=CCS[C@H]1C(=O)N(Cc2ccccc2)[C@@]12C[C@@H](C=C)O[C@H]2C=C. The van der Waals surface area contributed by atoms with E-state index in [9.17, 15) is 4.79 Å². The molecule has 126 valence electrons. The number of hydrogen-bond acceptors (Lipinski definition) is 3. The van der Waals surface area contributed by atoms with Crippen molar-refractivity contribution in [2.24, 2.45) is 0 Å². The molecule has 0 radical (unpaired) electrons. The van der Waals surface area contributed by atoms with Crippen molar-refractivity contribution in [3.05, 3.63) is 73.9 Å². The second kappa shape index (κ2) is 6.99. The molecule has 0 bridgehead atoms. The van der Waals surface area contributed by atoms with Gasteiger partial charge in [0.2, 0.25) is 5.91 Å². The van der Waals surface area contributed by atoms with Gasteiger partial charge in [0, 0.05) is 18.7 Å². The normalized spacial score (nSPS) is 31.8. The summed E-state index contributed by atoms with van der Waals surface area (Å²) >= 11 is 1.64. The van der Waals surface area contributed by atoms with Crippen LogP contribution in [0.4, 0.5) is 0 Å². The Labute approximate surface area is 148 Å². The lowest BCUT2D eigenvalue weighted by Gasteiger charge is -2.57. The van der Waals surface area contributed by atoms with Gasteiger partial charge >= 0.3 is 0 Å². The molecule has 0 saturated carbocycles. The van der Waals surface area contributed by atoms with Crippen LogP contribution in [0.1, 0.15) is 12.0 Å². The number of hydrogen-bond donors (Lipinski definition) is 0. The lowest BCUT2D eigenvalue weighted by molar-refractivity contribution is -0.159. The average molecular weight is 341 g/mol. The highest BCUT2D eigenvalue weighted by atomic mass is 32.2. The summed E-state index contributed by atoms with van der Waals surface area (Å²) in [6.45, 7) is 12.2. The van der Waals surface area contributed by atoms with Crippen molar-refractivity contribution in [2.75, 3.05) is 5.75 Å². The Bertz CT molecular complexity index is 644.